The monoisotopic (exact) mass is 397 g/mol. The lowest BCUT2D eigenvalue weighted by atomic mass is 10.1. The van der Waals surface area contributed by atoms with Gasteiger partial charge in [-0.1, -0.05) is 18.2 Å². The Balaban J connectivity index is 1.94. The molecule has 2 N–H and O–H groups in total. The minimum absolute atomic E-state index is 0.0448. The number of hydrogen-bond donors (Lipinski definition) is 2. The molecule has 7 heteroatoms. The number of nitrogens with one attached hydrogen (secondary N) is 2. The van der Waals surface area contributed by atoms with E-state index in [1.54, 1.807) is 25.3 Å². The fourth-order valence-corrected chi connectivity index (χ4v) is 2.71. The Morgan fingerprint density at radius 2 is 1.97 bits per heavy atom. The van der Waals surface area contributed by atoms with Crippen LogP contribution in [-0.2, 0) is 11.2 Å². The van der Waals surface area contributed by atoms with Crippen LogP contribution in [0.1, 0.15) is 24.1 Å². The van der Waals surface area contributed by atoms with Gasteiger partial charge >= 0.3 is 0 Å². The van der Waals surface area contributed by atoms with Gasteiger partial charge in [-0.15, -0.1) is 0 Å². The van der Waals surface area contributed by atoms with Crippen molar-refractivity contribution < 1.29 is 18.7 Å². The Labute approximate surface area is 169 Å². The van der Waals surface area contributed by atoms with Crippen molar-refractivity contribution in [2.45, 2.75) is 19.4 Å². The van der Waals surface area contributed by atoms with Crippen LogP contribution in [0, 0.1) is 17.1 Å². The first-order valence-corrected chi connectivity index (χ1v) is 9.09. The number of benzene rings is 2. The van der Waals surface area contributed by atoms with Gasteiger partial charge in [0.25, 0.3) is 5.91 Å². The summed E-state index contributed by atoms with van der Waals surface area (Å²) >= 11 is 0. The molecule has 0 radical (unpaired) electrons. The first-order valence-electron chi connectivity index (χ1n) is 9.09. The number of methoxy groups -OCH3 is 2. The molecule has 152 valence electrons. The molecule has 0 fully saturated rings. The zero-order chi connectivity index (χ0) is 21.2. The molecule has 0 aliphatic rings. The standard InChI is InChI=1S/C22H24FN3O3/c1-15(17-7-8-20(28-2)21(12-17)29-3)26-22(27)18(13-24)14-25-10-9-16-5-4-6-19(23)11-16/h4-8,11-12,14-15,25H,9-10H2,1-3H3,(H,26,27)/b18-14-. The van der Waals surface area contributed by atoms with Crippen molar-refractivity contribution >= 4 is 5.91 Å². The van der Waals surface area contributed by atoms with Crippen LogP contribution in [0.4, 0.5) is 4.39 Å². The Hall–Kier alpha value is -3.53. The second kappa shape index (κ2) is 10.7. The maximum atomic E-state index is 13.2. The van der Waals surface area contributed by atoms with Crippen LogP contribution in [0.3, 0.4) is 0 Å². The van der Waals surface area contributed by atoms with Gasteiger partial charge < -0.3 is 20.1 Å². The molecule has 0 heterocycles. The summed E-state index contributed by atoms with van der Waals surface area (Å²) in [7, 11) is 3.09. The van der Waals surface area contributed by atoms with Crippen LogP contribution in [0.15, 0.2) is 54.2 Å². The molecule has 2 aromatic rings. The van der Waals surface area contributed by atoms with E-state index < -0.39 is 5.91 Å². The Kier molecular flexibility index (Phi) is 8.04. The van der Waals surface area contributed by atoms with E-state index >= 15 is 0 Å². The van der Waals surface area contributed by atoms with Crippen LogP contribution in [-0.4, -0.2) is 26.7 Å². The van der Waals surface area contributed by atoms with E-state index in [2.05, 4.69) is 10.6 Å². The molecular formula is C22H24FN3O3. The van der Waals surface area contributed by atoms with Gasteiger partial charge in [0.15, 0.2) is 11.5 Å². The molecule has 2 rings (SSSR count). The maximum Gasteiger partial charge on any atom is 0.263 e. The van der Waals surface area contributed by atoms with Gasteiger partial charge in [-0.2, -0.15) is 5.26 Å². The predicted molar refractivity (Wildman–Crippen MR) is 108 cm³/mol. The molecule has 0 aromatic heterocycles. The molecule has 0 aliphatic carbocycles. The summed E-state index contributed by atoms with van der Waals surface area (Å²) < 4.78 is 23.7. The number of nitrogens with zero attached hydrogens (tertiary/aromatic N) is 1. The van der Waals surface area contributed by atoms with E-state index in [0.29, 0.717) is 24.5 Å². The van der Waals surface area contributed by atoms with Crippen molar-refractivity contribution in [1.82, 2.24) is 10.6 Å². The van der Waals surface area contributed by atoms with E-state index in [9.17, 15) is 14.4 Å². The summed E-state index contributed by atoms with van der Waals surface area (Å²) in [4.78, 5) is 12.4. The molecule has 6 nitrogen and oxygen atoms in total. The highest BCUT2D eigenvalue weighted by atomic mass is 19.1. The van der Waals surface area contributed by atoms with Gasteiger partial charge in [0.2, 0.25) is 0 Å². The second-order valence-corrected chi connectivity index (χ2v) is 6.31. The third kappa shape index (κ3) is 6.25. The summed E-state index contributed by atoms with van der Waals surface area (Å²) in [5.41, 5.74) is 1.60. The number of rotatable bonds is 9. The van der Waals surface area contributed by atoms with Crippen molar-refractivity contribution in [2.24, 2.45) is 0 Å². The van der Waals surface area contributed by atoms with Crippen molar-refractivity contribution in [2.75, 3.05) is 20.8 Å². The molecule has 1 atom stereocenters. The summed E-state index contributed by atoms with van der Waals surface area (Å²) in [6, 6.07) is 13.2. The number of carbonyl (C=O) groups is 1. The van der Waals surface area contributed by atoms with Crippen LogP contribution in [0.2, 0.25) is 0 Å². The van der Waals surface area contributed by atoms with E-state index in [1.807, 2.05) is 25.1 Å². The number of nitriles is 1. The zero-order valence-corrected chi connectivity index (χ0v) is 16.7. The van der Waals surface area contributed by atoms with Gasteiger partial charge in [-0.05, 0) is 48.7 Å². The highest BCUT2D eigenvalue weighted by Crippen LogP contribution is 2.29. The highest BCUT2D eigenvalue weighted by Gasteiger charge is 2.15. The first kappa shape index (κ1) is 21.8. The third-order valence-electron chi connectivity index (χ3n) is 4.31. The highest BCUT2D eigenvalue weighted by molar-refractivity contribution is 5.97. The minimum atomic E-state index is -0.493. The third-order valence-corrected chi connectivity index (χ3v) is 4.31. The van der Waals surface area contributed by atoms with Crippen molar-refractivity contribution in [3.05, 3.63) is 71.2 Å². The lowest BCUT2D eigenvalue weighted by Crippen LogP contribution is -2.28. The molecule has 1 unspecified atom stereocenters. The number of carbonyl (C=O) groups excluding carboxylic acids is 1. The van der Waals surface area contributed by atoms with Crippen LogP contribution in [0.5, 0.6) is 11.5 Å². The minimum Gasteiger partial charge on any atom is -0.493 e. The molecule has 0 bridgehead atoms. The van der Waals surface area contributed by atoms with Gasteiger partial charge in [0.05, 0.1) is 20.3 Å². The molecule has 0 aliphatic heterocycles. The first-order chi connectivity index (χ1) is 14.0. The van der Waals surface area contributed by atoms with E-state index in [0.717, 1.165) is 11.1 Å². The number of amides is 1. The van der Waals surface area contributed by atoms with Gasteiger partial charge in [-0.3, -0.25) is 4.79 Å². The molecule has 0 saturated heterocycles. The summed E-state index contributed by atoms with van der Waals surface area (Å²) in [6.07, 6.45) is 1.94. The number of ether oxygens (including phenoxy) is 2. The smallest absolute Gasteiger partial charge is 0.263 e. The van der Waals surface area contributed by atoms with Crippen LogP contribution >= 0.6 is 0 Å². The van der Waals surface area contributed by atoms with E-state index in [1.165, 1.54) is 25.4 Å². The Morgan fingerprint density at radius 3 is 2.62 bits per heavy atom. The maximum absolute atomic E-state index is 13.2. The van der Waals surface area contributed by atoms with Gasteiger partial charge in [0, 0.05) is 12.7 Å². The van der Waals surface area contributed by atoms with Crippen molar-refractivity contribution in [3.8, 4) is 17.6 Å². The topological polar surface area (TPSA) is 83.4 Å². The molecular weight excluding hydrogens is 373 g/mol. The Morgan fingerprint density at radius 1 is 1.21 bits per heavy atom. The van der Waals surface area contributed by atoms with Crippen molar-refractivity contribution in [1.29, 1.82) is 5.26 Å². The fraction of sp³-hybridized carbons (Fsp3) is 0.273. The van der Waals surface area contributed by atoms with Crippen LogP contribution < -0.4 is 20.1 Å². The number of hydrogen-bond acceptors (Lipinski definition) is 5. The summed E-state index contributed by atoms with van der Waals surface area (Å²) in [5.74, 6) is 0.364. The van der Waals surface area contributed by atoms with Crippen LogP contribution in [0.25, 0.3) is 0 Å². The zero-order valence-electron chi connectivity index (χ0n) is 16.7. The average Bonchev–Trinajstić information content (AvgIpc) is 2.73. The van der Waals surface area contributed by atoms with Gasteiger partial charge in [0.1, 0.15) is 17.5 Å². The quantitative estimate of drug-likeness (QED) is 0.386. The molecule has 29 heavy (non-hydrogen) atoms. The predicted octanol–water partition coefficient (Wildman–Crippen LogP) is 3.26. The molecule has 2 aromatic carbocycles. The molecule has 1 amide bonds. The summed E-state index contributed by atoms with van der Waals surface area (Å²) in [6.45, 7) is 2.28. The Bertz CT molecular complexity index is 922. The lowest BCUT2D eigenvalue weighted by Gasteiger charge is -2.16. The van der Waals surface area contributed by atoms with Crippen molar-refractivity contribution in [3.63, 3.8) is 0 Å². The fourth-order valence-electron chi connectivity index (χ4n) is 2.71. The lowest BCUT2D eigenvalue weighted by molar-refractivity contribution is -0.117. The number of halogens is 1. The normalized spacial score (nSPS) is 11.9. The van der Waals surface area contributed by atoms with E-state index in [4.69, 9.17) is 9.47 Å². The van der Waals surface area contributed by atoms with Gasteiger partial charge in [-0.25, -0.2) is 4.39 Å². The largest absolute Gasteiger partial charge is 0.493 e. The molecule has 0 spiro atoms. The average molecular weight is 397 g/mol. The van der Waals surface area contributed by atoms with E-state index in [-0.39, 0.29) is 17.4 Å². The summed E-state index contributed by atoms with van der Waals surface area (Å²) in [5, 5.41) is 15.0. The molecule has 0 saturated carbocycles. The SMILES string of the molecule is COc1ccc(C(C)NC(=O)/C(C#N)=C\NCCc2cccc(F)c2)cc1OC. The second-order valence-electron chi connectivity index (χ2n) is 6.31.